The van der Waals surface area contributed by atoms with Crippen molar-refractivity contribution in [1.29, 1.82) is 0 Å². The molecule has 42 heavy (non-hydrogen) atoms. The van der Waals surface area contributed by atoms with Gasteiger partial charge in [0.05, 0.1) is 24.9 Å². The minimum atomic E-state index is -1.39. The van der Waals surface area contributed by atoms with Crippen molar-refractivity contribution >= 4 is 35.6 Å². The molecule has 1 aromatic carbocycles. The standard InChI is InChI=1S/C29H43N7O6/c1-16(2)25-18(4)17(3)21(13-19-9-6-5-7-10-19)36-27(41)22(14-24(38)39)34-23(37)15-33-26(40)20(35-28(25)42)11-8-12-32-29(30)31/h5-7,9-10,16,20-22,25H,8,11-15H2,1-4H3,(H,33,40)(H,34,37)(H,35,42)(H,36,41)(H,38,39)(H4,30,31,32)/b18-17+/t20-,21+,22?,25+/m0/s1. The first-order valence-corrected chi connectivity index (χ1v) is 14.0. The van der Waals surface area contributed by atoms with Crippen LogP contribution in [0.5, 0.6) is 0 Å². The lowest BCUT2D eigenvalue weighted by Crippen LogP contribution is -2.54. The van der Waals surface area contributed by atoms with E-state index < -0.39 is 60.7 Å². The van der Waals surface area contributed by atoms with E-state index in [9.17, 15) is 29.1 Å². The van der Waals surface area contributed by atoms with Crippen LogP contribution in [0, 0.1) is 11.8 Å². The minimum Gasteiger partial charge on any atom is -0.481 e. The molecule has 9 N–H and O–H groups in total. The number of aliphatic imine (C=N–C) groups is 1. The average molecular weight is 586 g/mol. The van der Waals surface area contributed by atoms with E-state index in [2.05, 4.69) is 26.3 Å². The van der Waals surface area contributed by atoms with Gasteiger partial charge in [0.1, 0.15) is 12.1 Å². The van der Waals surface area contributed by atoms with E-state index in [1.807, 2.05) is 58.0 Å². The molecule has 4 atom stereocenters. The number of nitrogens with two attached hydrogens (primary N) is 2. The topological polar surface area (TPSA) is 218 Å². The summed E-state index contributed by atoms with van der Waals surface area (Å²) in [6.07, 6.45) is 0.276. The van der Waals surface area contributed by atoms with Gasteiger partial charge >= 0.3 is 5.97 Å². The van der Waals surface area contributed by atoms with Gasteiger partial charge in [-0.2, -0.15) is 0 Å². The molecule has 0 fully saturated rings. The van der Waals surface area contributed by atoms with Gasteiger partial charge in [-0.05, 0) is 44.6 Å². The number of aliphatic carboxylic acids is 1. The van der Waals surface area contributed by atoms with Crippen LogP contribution in [0.4, 0.5) is 0 Å². The summed E-state index contributed by atoms with van der Waals surface area (Å²) in [6, 6.07) is 6.41. The van der Waals surface area contributed by atoms with Gasteiger partial charge in [-0.15, -0.1) is 0 Å². The number of carboxylic acid groups (broad SMARTS) is 1. The van der Waals surface area contributed by atoms with Gasteiger partial charge in [0, 0.05) is 6.54 Å². The molecule has 0 saturated heterocycles. The molecule has 2 rings (SSSR count). The molecule has 0 saturated carbocycles. The van der Waals surface area contributed by atoms with Crippen LogP contribution in [0.25, 0.3) is 0 Å². The fourth-order valence-electron chi connectivity index (χ4n) is 4.91. The number of carbonyl (C=O) groups is 5. The lowest BCUT2D eigenvalue weighted by molar-refractivity contribution is -0.140. The molecule has 0 bridgehead atoms. The Morgan fingerprint density at radius 1 is 0.929 bits per heavy atom. The molecule has 0 aromatic heterocycles. The zero-order valence-electron chi connectivity index (χ0n) is 24.6. The number of nitrogens with zero attached hydrogens (tertiary/aromatic N) is 1. The van der Waals surface area contributed by atoms with Crippen LogP contribution in [-0.2, 0) is 30.4 Å². The van der Waals surface area contributed by atoms with Crippen LogP contribution in [0.15, 0.2) is 46.5 Å². The molecule has 1 heterocycles. The lowest BCUT2D eigenvalue weighted by Gasteiger charge is -2.29. The number of guanidine groups is 1. The Balaban J connectivity index is 2.56. The largest absolute Gasteiger partial charge is 0.481 e. The number of hydrogen-bond donors (Lipinski definition) is 7. The minimum absolute atomic E-state index is 0.0949. The Morgan fingerprint density at radius 3 is 2.17 bits per heavy atom. The maximum Gasteiger partial charge on any atom is 0.305 e. The highest BCUT2D eigenvalue weighted by Crippen LogP contribution is 2.27. The lowest BCUT2D eigenvalue weighted by atomic mass is 9.82. The summed E-state index contributed by atoms with van der Waals surface area (Å²) in [5, 5.41) is 20.1. The molecule has 230 valence electrons. The monoisotopic (exact) mass is 585 g/mol. The van der Waals surface area contributed by atoms with Crippen molar-refractivity contribution in [2.45, 2.75) is 71.5 Å². The number of hydrogen-bond acceptors (Lipinski definition) is 6. The predicted molar refractivity (Wildman–Crippen MR) is 158 cm³/mol. The second-order valence-corrected chi connectivity index (χ2v) is 10.8. The van der Waals surface area contributed by atoms with E-state index in [1.54, 1.807) is 0 Å². The highest BCUT2D eigenvalue weighted by atomic mass is 16.4. The van der Waals surface area contributed by atoms with E-state index in [-0.39, 0.29) is 30.8 Å². The maximum absolute atomic E-state index is 13.7. The number of carboxylic acids is 1. The molecule has 13 nitrogen and oxygen atoms in total. The number of nitrogens with one attached hydrogen (secondary N) is 4. The Kier molecular flexibility index (Phi) is 13.0. The van der Waals surface area contributed by atoms with Gasteiger partial charge < -0.3 is 37.8 Å². The maximum atomic E-state index is 13.7. The van der Waals surface area contributed by atoms with Crippen LogP contribution < -0.4 is 32.7 Å². The molecular formula is C29H43N7O6. The highest BCUT2D eigenvalue weighted by molar-refractivity contribution is 5.94. The Hall–Kier alpha value is -4.42. The third-order valence-electron chi connectivity index (χ3n) is 7.19. The average Bonchev–Trinajstić information content (AvgIpc) is 2.91. The van der Waals surface area contributed by atoms with E-state index >= 15 is 0 Å². The van der Waals surface area contributed by atoms with Crippen LogP contribution in [0.3, 0.4) is 0 Å². The highest BCUT2D eigenvalue weighted by Gasteiger charge is 2.33. The predicted octanol–water partition coefficient (Wildman–Crippen LogP) is -0.0498. The SMILES string of the molecule is C/C1=C(/C)[C@@H](C(C)C)C(=O)N[C@@H](CCCN=C(N)N)C(=O)NCC(=O)NC(CC(=O)O)C(=O)N[C@@H]1Cc1ccccc1. The van der Waals surface area contributed by atoms with E-state index in [0.717, 1.165) is 5.56 Å². The van der Waals surface area contributed by atoms with Gasteiger partial charge in [-0.1, -0.05) is 55.3 Å². The van der Waals surface area contributed by atoms with Gasteiger partial charge in [-0.25, -0.2) is 0 Å². The summed E-state index contributed by atoms with van der Waals surface area (Å²) in [5.74, 6) is -4.63. The Bertz CT molecular complexity index is 1190. The van der Waals surface area contributed by atoms with Crippen molar-refractivity contribution in [3.05, 3.63) is 47.0 Å². The summed E-state index contributed by atoms with van der Waals surface area (Å²) < 4.78 is 0. The molecule has 1 aliphatic rings. The smallest absolute Gasteiger partial charge is 0.305 e. The van der Waals surface area contributed by atoms with Crippen molar-refractivity contribution in [3.8, 4) is 0 Å². The van der Waals surface area contributed by atoms with Crippen molar-refractivity contribution < 1.29 is 29.1 Å². The van der Waals surface area contributed by atoms with Gasteiger partial charge in [0.15, 0.2) is 5.96 Å². The molecular weight excluding hydrogens is 542 g/mol. The number of benzene rings is 1. The second kappa shape index (κ2) is 16.1. The zero-order valence-corrected chi connectivity index (χ0v) is 24.6. The first-order valence-electron chi connectivity index (χ1n) is 14.0. The van der Waals surface area contributed by atoms with Crippen LogP contribution in [0.2, 0.25) is 0 Å². The van der Waals surface area contributed by atoms with Gasteiger partial charge in [-0.3, -0.25) is 29.0 Å². The Labute approximate surface area is 246 Å². The van der Waals surface area contributed by atoms with E-state index in [1.165, 1.54) is 0 Å². The van der Waals surface area contributed by atoms with Crippen LogP contribution >= 0.6 is 0 Å². The first-order chi connectivity index (χ1) is 19.8. The summed E-state index contributed by atoms with van der Waals surface area (Å²) >= 11 is 0. The summed E-state index contributed by atoms with van der Waals surface area (Å²) in [7, 11) is 0. The third kappa shape index (κ3) is 10.5. The summed E-state index contributed by atoms with van der Waals surface area (Å²) in [4.78, 5) is 68.3. The Morgan fingerprint density at radius 2 is 1.57 bits per heavy atom. The van der Waals surface area contributed by atoms with Gasteiger partial charge in [0.2, 0.25) is 23.6 Å². The van der Waals surface area contributed by atoms with Gasteiger partial charge in [0.25, 0.3) is 0 Å². The molecule has 0 radical (unpaired) electrons. The van der Waals surface area contributed by atoms with Crippen molar-refractivity contribution in [2.24, 2.45) is 28.3 Å². The fourth-order valence-corrected chi connectivity index (χ4v) is 4.91. The number of rotatable bonds is 9. The van der Waals surface area contributed by atoms with Crippen molar-refractivity contribution in [2.75, 3.05) is 13.1 Å². The molecule has 1 aromatic rings. The third-order valence-corrected chi connectivity index (χ3v) is 7.19. The van der Waals surface area contributed by atoms with Crippen LogP contribution in [0.1, 0.15) is 52.5 Å². The zero-order chi connectivity index (χ0) is 31.4. The number of carbonyl (C=O) groups excluding carboxylic acids is 4. The molecule has 0 spiro atoms. The normalized spacial score (nSPS) is 24.4. The first kappa shape index (κ1) is 33.8. The molecule has 1 unspecified atom stereocenters. The van der Waals surface area contributed by atoms with E-state index in [4.69, 9.17) is 11.5 Å². The second-order valence-electron chi connectivity index (χ2n) is 10.8. The van der Waals surface area contributed by atoms with Crippen molar-refractivity contribution in [1.82, 2.24) is 21.3 Å². The molecule has 4 amide bonds. The quantitative estimate of drug-likeness (QED) is 0.0899. The molecule has 0 aliphatic carbocycles. The molecule has 1 aliphatic heterocycles. The van der Waals surface area contributed by atoms with Crippen LogP contribution in [-0.4, -0.2) is 71.9 Å². The fraction of sp³-hybridized carbons (Fsp3) is 0.517. The summed E-state index contributed by atoms with van der Waals surface area (Å²) in [5.41, 5.74) is 13.1. The van der Waals surface area contributed by atoms with E-state index in [0.29, 0.717) is 24.0 Å². The number of amides is 4. The molecule has 13 heteroatoms. The van der Waals surface area contributed by atoms with Crippen molar-refractivity contribution in [3.63, 3.8) is 0 Å². The summed E-state index contributed by atoms with van der Waals surface area (Å²) in [6.45, 7) is 7.11.